The highest BCUT2D eigenvalue weighted by Gasteiger charge is 2.18. The number of nitrogens with zero attached hydrogens (tertiary/aromatic N) is 2. The standard InChI is InChI=1S/C15H18N4O2/c16-12-5-1-2-6-14(12)19-8-7-13(18-19)15(20)17-11-4-3-9-21-10-11/h1-2,5-8,11H,3-4,9-10,16H2,(H,17,20). The molecule has 0 aliphatic carbocycles. The highest BCUT2D eigenvalue weighted by molar-refractivity contribution is 5.92. The minimum Gasteiger partial charge on any atom is -0.397 e. The van der Waals surface area contributed by atoms with Gasteiger partial charge in [-0.3, -0.25) is 4.79 Å². The summed E-state index contributed by atoms with van der Waals surface area (Å²) in [6, 6.07) is 9.16. The van der Waals surface area contributed by atoms with E-state index < -0.39 is 0 Å². The van der Waals surface area contributed by atoms with E-state index >= 15 is 0 Å². The van der Waals surface area contributed by atoms with Crippen LogP contribution in [0.15, 0.2) is 36.5 Å². The molecular formula is C15H18N4O2. The number of aromatic nitrogens is 2. The molecule has 1 aromatic heterocycles. The van der Waals surface area contributed by atoms with Crippen molar-refractivity contribution in [3.8, 4) is 5.69 Å². The lowest BCUT2D eigenvalue weighted by Gasteiger charge is -2.22. The highest BCUT2D eigenvalue weighted by Crippen LogP contribution is 2.15. The maximum Gasteiger partial charge on any atom is 0.272 e. The quantitative estimate of drug-likeness (QED) is 0.835. The Kier molecular flexibility index (Phi) is 3.87. The van der Waals surface area contributed by atoms with Crippen LogP contribution >= 0.6 is 0 Å². The first-order chi connectivity index (χ1) is 10.2. The molecule has 0 saturated carbocycles. The number of nitrogen functional groups attached to an aromatic ring is 1. The molecule has 3 rings (SSSR count). The van der Waals surface area contributed by atoms with E-state index in [9.17, 15) is 4.79 Å². The third kappa shape index (κ3) is 3.05. The lowest BCUT2D eigenvalue weighted by atomic mass is 10.1. The van der Waals surface area contributed by atoms with E-state index in [1.807, 2.05) is 18.2 Å². The number of carbonyl (C=O) groups is 1. The van der Waals surface area contributed by atoms with Crippen molar-refractivity contribution >= 4 is 11.6 Å². The van der Waals surface area contributed by atoms with Gasteiger partial charge in [-0.05, 0) is 31.0 Å². The third-order valence-corrected chi connectivity index (χ3v) is 3.50. The van der Waals surface area contributed by atoms with E-state index in [1.165, 1.54) is 0 Å². The van der Waals surface area contributed by atoms with Crippen LogP contribution in [0.25, 0.3) is 5.69 Å². The second kappa shape index (κ2) is 5.97. The fraction of sp³-hybridized carbons (Fsp3) is 0.333. The Morgan fingerprint density at radius 1 is 1.38 bits per heavy atom. The number of benzene rings is 1. The molecule has 110 valence electrons. The van der Waals surface area contributed by atoms with Gasteiger partial charge in [-0.2, -0.15) is 5.10 Å². The lowest BCUT2D eigenvalue weighted by molar-refractivity contribution is 0.0622. The summed E-state index contributed by atoms with van der Waals surface area (Å²) in [5.41, 5.74) is 7.67. The van der Waals surface area contributed by atoms with Crippen molar-refractivity contribution in [3.05, 3.63) is 42.2 Å². The number of nitrogens with two attached hydrogens (primary N) is 1. The molecule has 1 atom stereocenters. The van der Waals surface area contributed by atoms with Gasteiger partial charge in [-0.1, -0.05) is 12.1 Å². The molecule has 2 heterocycles. The van der Waals surface area contributed by atoms with E-state index in [-0.39, 0.29) is 11.9 Å². The van der Waals surface area contributed by atoms with Gasteiger partial charge in [0.15, 0.2) is 5.69 Å². The molecule has 0 radical (unpaired) electrons. The number of amides is 1. The molecule has 21 heavy (non-hydrogen) atoms. The summed E-state index contributed by atoms with van der Waals surface area (Å²) in [4.78, 5) is 12.2. The van der Waals surface area contributed by atoms with E-state index in [4.69, 9.17) is 10.5 Å². The number of rotatable bonds is 3. The Bertz CT molecular complexity index is 632. The van der Waals surface area contributed by atoms with Crippen molar-refractivity contribution in [2.75, 3.05) is 18.9 Å². The molecule has 1 unspecified atom stereocenters. The molecule has 1 fully saturated rings. The van der Waals surface area contributed by atoms with Crippen LogP contribution in [0.2, 0.25) is 0 Å². The molecule has 1 saturated heterocycles. The van der Waals surface area contributed by atoms with Gasteiger partial charge in [0.05, 0.1) is 24.0 Å². The molecule has 6 nitrogen and oxygen atoms in total. The summed E-state index contributed by atoms with van der Waals surface area (Å²) in [6.07, 6.45) is 3.65. The van der Waals surface area contributed by atoms with Crippen LogP contribution in [0.1, 0.15) is 23.3 Å². The largest absolute Gasteiger partial charge is 0.397 e. The van der Waals surface area contributed by atoms with Gasteiger partial charge in [0.1, 0.15) is 0 Å². The van der Waals surface area contributed by atoms with Gasteiger partial charge in [-0.25, -0.2) is 4.68 Å². The number of hydrogen-bond donors (Lipinski definition) is 2. The van der Waals surface area contributed by atoms with Gasteiger partial charge in [0.2, 0.25) is 0 Å². The molecule has 3 N–H and O–H groups in total. The van der Waals surface area contributed by atoms with Gasteiger partial charge >= 0.3 is 0 Å². The Morgan fingerprint density at radius 3 is 3.00 bits per heavy atom. The zero-order valence-electron chi connectivity index (χ0n) is 11.7. The van der Waals surface area contributed by atoms with E-state index in [1.54, 1.807) is 23.0 Å². The predicted octanol–water partition coefficient (Wildman–Crippen LogP) is 1.36. The average Bonchev–Trinajstić information content (AvgIpc) is 2.98. The Labute approximate surface area is 122 Å². The zero-order chi connectivity index (χ0) is 14.7. The van der Waals surface area contributed by atoms with Crippen LogP contribution in [0, 0.1) is 0 Å². The number of hydrogen-bond acceptors (Lipinski definition) is 4. The maximum absolute atomic E-state index is 12.2. The van der Waals surface area contributed by atoms with Crippen molar-refractivity contribution in [3.63, 3.8) is 0 Å². The summed E-state index contributed by atoms with van der Waals surface area (Å²) in [5, 5.41) is 7.23. The molecule has 2 aromatic rings. The van der Waals surface area contributed by atoms with Crippen LogP contribution in [0.4, 0.5) is 5.69 Å². The normalized spacial score (nSPS) is 18.4. The molecule has 1 aromatic carbocycles. The van der Waals surface area contributed by atoms with Crippen LogP contribution < -0.4 is 11.1 Å². The minimum absolute atomic E-state index is 0.0678. The third-order valence-electron chi connectivity index (χ3n) is 3.50. The zero-order valence-corrected chi connectivity index (χ0v) is 11.7. The monoisotopic (exact) mass is 286 g/mol. The average molecular weight is 286 g/mol. The van der Waals surface area contributed by atoms with Gasteiger partial charge in [0, 0.05) is 12.8 Å². The second-order valence-corrected chi connectivity index (χ2v) is 5.09. The second-order valence-electron chi connectivity index (χ2n) is 5.09. The van der Waals surface area contributed by atoms with Crippen LogP contribution in [-0.4, -0.2) is 34.9 Å². The number of nitrogens with one attached hydrogen (secondary N) is 1. The molecule has 6 heteroatoms. The minimum atomic E-state index is -0.182. The van der Waals surface area contributed by atoms with E-state index in [2.05, 4.69) is 10.4 Å². The molecule has 0 spiro atoms. The summed E-state index contributed by atoms with van der Waals surface area (Å²) in [7, 11) is 0. The number of ether oxygens (including phenoxy) is 1. The van der Waals surface area contributed by atoms with Crippen LogP contribution in [-0.2, 0) is 4.74 Å². The highest BCUT2D eigenvalue weighted by atomic mass is 16.5. The Morgan fingerprint density at radius 2 is 2.24 bits per heavy atom. The van der Waals surface area contributed by atoms with E-state index in [0.29, 0.717) is 18.0 Å². The fourth-order valence-corrected chi connectivity index (χ4v) is 2.39. The lowest BCUT2D eigenvalue weighted by Crippen LogP contribution is -2.40. The molecular weight excluding hydrogens is 268 g/mol. The van der Waals surface area contributed by atoms with Gasteiger partial charge in [-0.15, -0.1) is 0 Å². The van der Waals surface area contributed by atoms with E-state index in [0.717, 1.165) is 25.1 Å². The van der Waals surface area contributed by atoms with Gasteiger partial charge in [0.25, 0.3) is 5.91 Å². The molecule has 1 aliphatic heterocycles. The first kappa shape index (κ1) is 13.6. The smallest absolute Gasteiger partial charge is 0.272 e. The Balaban J connectivity index is 1.72. The summed E-state index contributed by atoms with van der Waals surface area (Å²) < 4.78 is 6.96. The molecule has 0 bridgehead atoms. The Hall–Kier alpha value is -2.34. The first-order valence-corrected chi connectivity index (χ1v) is 7.03. The van der Waals surface area contributed by atoms with Crippen LogP contribution in [0.3, 0.4) is 0 Å². The predicted molar refractivity (Wildman–Crippen MR) is 79.3 cm³/mol. The fourth-order valence-electron chi connectivity index (χ4n) is 2.39. The SMILES string of the molecule is Nc1ccccc1-n1ccc(C(=O)NC2CCCOC2)n1. The topological polar surface area (TPSA) is 82.2 Å². The van der Waals surface area contributed by atoms with Gasteiger partial charge < -0.3 is 15.8 Å². The maximum atomic E-state index is 12.2. The number of para-hydroxylation sites is 2. The first-order valence-electron chi connectivity index (χ1n) is 7.03. The van der Waals surface area contributed by atoms with Crippen molar-refractivity contribution in [2.45, 2.75) is 18.9 Å². The summed E-state index contributed by atoms with van der Waals surface area (Å²) >= 11 is 0. The number of anilines is 1. The molecule has 1 amide bonds. The van der Waals surface area contributed by atoms with Crippen molar-refractivity contribution in [1.82, 2.24) is 15.1 Å². The number of carbonyl (C=O) groups excluding carboxylic acids is 1. The van der Waals surface area contributed by atoms with Crippen molar-refractivity contribution in [2.24, 2.45) is 0 Å². The summed E-state index contributed by atoms with van der Waals surface area (Å²) in [6.45, 7) is 1.34. The molecule has 1 aliphatic rings. The summed E-state index contributed by atoms with van der Waals surface area (Å²) in [5.74, 6) is -0.182. The van der Waals surface area contributed by atoms with Crippen molar-refractivity contribution < 1.29 is 9.53 Å². The van der Waals surface area contributed by atoms with Crippen LogP contribution in [0.5, 0.6) is 0 Å². The van der Waals surface area contributed by atoms with Crippen molar-refractivity contribution in [1.29, 1.82) is 0 Å².